The van der Waals surface area contributed by atoms with Crippen molar-refractivity contribution in [3.63, 3.8) is 0 Å². The van der Waals surface area contributed by atoms with Crippen LogP contribution in [0.1, 0.15) is 41.0 Å². The Balaban J connectivity index is 2.34. The summed E-state index contributed by atoms with van der Waals surface area (Å²) in [5.41, 5.74) is -0.153. The molecule has 1 heterocycles. The molecule has 0 aromatic rings. The number of nitrogens with one attached hydrogen (secondary N) is 2. The standard InChI is InChI=1S/C13H26N2O2/c1-9(2)6-11-12(16)15-10(7-14-11)8-17-13(3,4)5/h9-11,14H,6-8H2,1-5H3,(H,15,16). The fourth-order valence-corrected chi connectivity index (χ4v) is 1.84. The van der Waals surface area contributed by atoms with E-state index in [2.05, 4.69) is 24.5 Å². The van der Waals surface area contributed by atoms with Crippen molar-refractivity contribution in [3.05, 3.63) is 0 Å². The summed E-state index contributed by atoms with van der Waals surface area (Å²) < 4.78 is 5.68. The molecule has 100 valence electrons. The summed E-state index contributed by atoms with van der Waals surface area (Å²) >= 11 is 0. The molecule has 2 unspecified atom stereocenters. The Morgan fingerprint density at radius 1 is 1.41 bits per heavy atom. The van der Waals surface area contributed by atoms with E-state index >= 15 is 0 Å². The number of rotatable bonds is 4. The topological polar surface area (TPSA) is 50.4 Å². The zero-order valence-corrected chi connectivity index (χ0v) is 11.7. The summed E-state index contributed by atoms with van der Waals surface area (Å²) in [6, 6.07) is 0.0472. The predicted octanol–water partition coefficient (Wildman–Crippen LogP) is 1.30. The molecule has 1 rings (SSSR count). The van der Waals surface area contributed by atoms with Crippen LogP contribution in [0, 0.1) is 5.92 Å². The number of hydrogen-bond donors (Lipinski definition) is 2. The van der Waals surface area contributed by atoms with Crippen molar-refractivity contribution in [1.29, 1.82) is 0 Å². The van der Waals surface area contributed by atoms with E-state index in [4.69, 9.17) is 4.74 Å². The first-order valence-corrected chi connectivity index (χ1v) is 6.45. The molecule has 0 aliphatic carbocycles. The second kappa shape index (κ2) is 5.83. The van der Waals surface area contributed by atoms with Crippen LogP contribution >= 0.6 is 0 Å². The van der Waals surface area contributed by atoms with Gasteiger partial charge in [0, 0.05) is 6.54 Å². The molecule has 1 fully saturated rings. The monoisotopic (exact) mass is 242 g/mol. The van der Waals surface area contributed by atoms with E-state index in [1.807, 2.05) is 20.8 Å². The first-order chi connectivity index (χ1) is 7.78. The lowest BCUT2D eigenvalue weighted by molar-refractivity contribution is -0.127. The third-order valence-electron chi connectivity index (χ3n) is 2.70. The van der Waals surface area contributed by atoms with Crippen molar-refractivity contribution < 1.29 is 9.53 Å². The van der Waals surface area contributed by atoms with Crippen molar-refractivity contribution in [2.24, 2.45) is 5.92 Å². The number of hydrogen-bond acceptors (Lipinski definition) is 3. The van der Waals surface area contributed by atoms with Crippen LogP contribution in [0.25, 0.3) is 0 Å². The van der Waals surface area contributed by atoms with Gasteiger partial charge in [-0.25, -0.2) is 0 Å². The summed E-state index contributed by atoms with van der Waals surface area (Å²) in [5, 5.41) is 6.31. The van der Waals surface area contributed by atoms with Crippen LogP contribution in [0.2, 0.25) is 0 Å². The molecule has 17 heavy (non-hydrogen) atoms. The van der Waals surface area contributed by atoms with Crippen LogP contribution in [0.3, 0.4) is 0 Å². The van der Waals surface area contributed by atoms with Crippen LogP contribution in [0.15, 0.2) is 0 Å². The van der Waals surface area contributed by atoms with Crippen molar-refractivity contribution in [2.75, 3.05) is 13.2 Å². The van der Waals surface area contributed by atoms with Gasteiger partial charge in [0.2, 0.25) is 5.91 Å². The average molecular weight is 242 g/mol. The summed E-state index contributed by atoms with van der Waals surface area (Å²) in [4.78, 5) is 11.8. The molecular weight excluding hydrogens is 216 g/mol. The SMILES string of the molecule is CC(C)CC1NCC(COC(C)(C)C)NC1=O. The van der Waals surface area contributed by atoms with Gasteiger partial charge in [0.1, 0.15) is 0 Å². The van der Waals surface area contributed by atoms with Crippen molar-refractivity contribution in [2.45, 2.75) is 58.7 Å². The lowest BCUT2D eigenvalue weighted by Crippen LogP contribution is -2.60. The molecule has 4 heteroatoms. The van der Waals surface area contributed by atoms with Crippen LogP contribution in [-0.2, 0) is 9.53 Å². The van der Waals surface area contributed by atoms with Gasteiger partial charge in [0.05, 0.1) is 24.3 Å². The zero-order valence-electron chi connectivity index (χ0n) is 11.7. The molecule has 0 saturated carbocycles. The number of carbonyl (C=O) groups excluding carboxylic acids is 1. The summed E-state index contributed by atoms with van der Waals surface area (Å²) in [6.45, 7) is 11.7. The molecule has 1 aliphatic heterocycles. The molecule has 2 N–H and O–H groups in total. The lowest BCUT2D eigenvalue weighted by Gasteiger charge is -2.32. The number of ether oxygens (including phenoxy) is 1. The lowest BCUT2D eigenvalue weighted by atomic mass is 10.0. The molecule has 4 nitrogen and oxygen atoms in total. The van der Waals surface area contributed by atoms with E-state index in [1.54, 1.807) is 0 Å². The maximum absolute atomic E-state index is 11.8. The minimum absolute atomic E-state index is 0.0408. The second-order valence-electron chi connectivity index (χ2n) is 6.22. The molecule has 2 atom stereocenters. The summed E-state index contributed by atoms with van der Waals surface area (Å²) in [5.74, 6) is 0.632. The van der Waals surface area contributed by atoms with Crippen LogP contribution in [0.4, 0.5) is 0 Å². The van der Waals surface area contributed by atoms with Crippen LogP contribution in [0.5, 0.6) is 0 Å². The molecule has 0 radical (unpaired) electrons. The van der Waals surface area contributed by atoms with E-state index in [0.717, 1.165) is 13.0 Å². The molecule has 0 aromatic carbocycles. The van der Waals surface area contributed by atoms with Crippen molar-refractivity contribution in [3.8, 4) is 0 Å². The largest absolute Gasteiger partial charge is 0.374 e. The Morgan fingerprint density at radius 2 is 2.06 bits per heavy atom. The molecule has 0 bridgehead atoms. The highest BCUT2D eigenvalue weighted by Gasteiger charge is 2.28. The zero-order chi connectivity index (χ0) is 13.1. The first kappa shape index (κ1) is 14.5. The van der Waals surface area contributed by atoms with E-state index in [-0.39, 0.29) is 23.6 Å². The van der Waals surface area contributed by atoms with E-state index < -0.39 is 0 Å². The van der Waals surface area contributed by atoms with Gasteiger partial charge in [-0.05, 0) is 33.1 Å². The predicted molar refractivity (Wildman–Crippen MR) is 68.9 cm³/mol. The fraction of sp³-hybridized carbons (Fsp3) is 0.923. The molecule has 1 saturated heterocycles. The summed E-state index contributed by atoms with van der Waals surface area (Å²) in [6.07, 6.45) is 0.888. The molecule has 0 spiro atoms. The number of piperazine rings is 1. The fourth-order valence-electron chi connectivity index (χ4n) is 1.84. The Labute approximate surface area is 104 Å². The van der Waals surface area contributed by atoms with Gasteiger partial charge >= 0.3 is 0 Å². The molecule has 1 aliphatic rings. The van der Waals surface area contributed by atoms with Gasteiger partial charge in [-0.15, -0.1) is 0 Å². The second-order valence-corrected chi connectivity index (χ2v) is 6.22. The van der Waals surface area contributed by atoms with Gasteiger partial charge in [-0.1, -0.05) is 13.8 Å². The molecular formula is C13H26N2O2. The maximum atomic E-state index is 11.8. The van der Waals surface area contributed by atoms with E-state index in [9.17, 15) is 4.79 Å². The first-order valence-electron chi connectivity index (χ1n) is 6.45. The Kier molecular flexibility index (Phi) is 4.95. The van der Waals surface area contributed by atoms with Crippen LogP contribution < -0.4 is 10.6 Å². The Morgan fingerprint density at radius 3 is 2.53 bits per heavy atom. The number of amides is 1. The molecule has 1 amide bonds. The highest BCUT2D eigenvalue weighted by Crippen LogP contribution is 2.10. The van der Waals surface area contributed by atoms with E-state index in [0.29, 0.717) is 12.5 Å². The Bertz CT molecular complexity index is 259. The number of carbonyl (C=O) groups is 1. The smallest absolute Gasteiger partial charge is 0.237 e. The maximum Gasteiger partial charge on any atom is 0.237 e. The van der Waals surface area contributed by atoms with Crippen molar-refractivity contribution in [1.82, 2.24) is 10.6 Å². The van der Waals surface area contributed by atoms with Gasteiger partial charge < -0.3 is 15.4 Å². The highest BCUT2D eigenvalue weighted by molar-refractivity contribution is 5.82. The van der Waals surface area contributed by atoms with Crippen LogP contribution in [-0.4, -0.2) is 36.7 Å². The van der Waals surface area contributed by atoms with E-state index in [1.165, 1.54) is 0 Å². The van der Waals surface area contributed by atoms with Gasteiger partial charge in [-0.2, -0.15) is 0 Å². The normalized spacial score (nSPS) is 26.1. The molecule has 0 aromatic heterocycles. The third-order valence-corrected chi connectivity index (χ3v) is 2.70. The minimum atomic E-state index is -0.153. The van der Waals surface area contributed by atoms with Gasteiger partial charge in [0.15, 0.2) is 0 Å². The average Bonchev–Trinajstić information content (AvgIpc) is 2.17. The quantitative estimate of drug-likeness (QED) is 0.781. The minimum Gasteiger partial charge on any atom is -0.374 e. The summed E-state index contributed by atoms with van der Waals surface area (Å²) in [7, 11) is 0. The Hall–Kier alpha value is -0.610. The van der Waals surface area contributed by atoms with Gasteiger partial charge in [0.25, 0.3) is 0 Å². The third kappa shape index (κ3) is 5.50. The van der Waals surface area contributed by atoms with Crippen molar-refractivity contribution >= 4 is 5.91 Å². The van der Waals surface area contributed by atoms with Gasteiger partial charge in [-0.3, -0.25) is 4.79 Å². The highest BCUT2D eigenvalue weighted by atomic mass is 16.5.